The van der Waals surface area contributed by atoms with Crippen molar-refractivity contribution < 1.29 is 14.3 Å². The van der Waals surface area contributed by atoms with Gasteiger partial charge in [-0.2, -0.15) is 0 Å². The number of amides is 1. The zero-order valence-electron chi connectivity index (χ0n) is 15.1. The highest BCUT2D eigenvalue weighted by molar-refractivity contribution is 5.98. The van der Waals surface area contributed by atoms with Gasteiger partial charge in [0.2, 0.25) is 0 Å². The lowest BCUT2D eigenvalue weighted by molar-refractivity contribution is -0.00293. The average Bonchev–Trinajstić information content (AvgIpc) is 2.67. The molecule has 0 aromatic carbocycles. The van der Waals surface area contributed by atoms with Gasteiger partial charge in [0.15, 0.2) is 0 Å². The van der Waals surface area contributed by atoms with Crippen LogP contribution in [0.1, 0.15) is 43.0 Å². The molecule has 1 aromatic rings. The summed E-state index contributed by atoms with van der Waals surface area (Å²) in [6, 6.07) is 3.64. The summed E-state index contributed by atoms with van der Waals surface area (Å²) in [4.78, 5) is 19.1. The molecule has 1 saturated heterocycles. The second kappa shape index (κ2) is 9.15. The van der Waals surface area contributed by atoms with Crippen LogP contribution in [0, 0.1) is 5.92 Å². The fourth-order valence-electron chi connectivity index (χ4n) is 3.60. The SMILES string of the molecule is C[C@@H]1CCCC[C@@H]1OCCNC(=O)c1cccnc1N1CCOCC1. The van der Waals surface area contributed by atoms with Gasteiger partial charge in [0.25, 0.3) is 5.91 Å². The molecule has 6 heteroatoms. The van der Waals surface area contributed by atoms with E-state index in [9.17, 15) is 4.79 Å². The molecule has 1 saturated carbocycles. The molecular weight excluding hydrogens is 318 g/mol. The van der Waals surface area contributed by atoms with Gasteiger partial charge in [-0.25, -0.2) is 4.98 Å². The van der Waals surface area contributed by atoms with Crippen molar-refractivity contribution in [3.8, 4) is 0 Å². The number of rotatable bonds is 6. The molecule has 2 heterocycles. The summed E-state index contributed by atoms with van der Waals surface area (Å²) >= 11 is 0. The second-order valence-corrected chi connectivity index (χ2v) is 6.90. The van der Waals surface area contributed by atoms with E-state index >= 15 is 0 Å². The third-order valence-electron chi connectivity index (χ3n) is 5.09. The van der Waals surface area contributed by atoms with Crippen LogP contribution in [0.25, 0.3) is 0 Å². The Balaban J connectivity index is 1.49. The van der Waals surface area contributed by atoms with Gasteiger partial charge in [-0.3, -0.25) is 4.79 Å². The van der Waals surface area contributed by atoms with Gasteiger partial charge in [-0.05, 0) is 30.9 Å². The summed E-state index contributed by atoms with van der Waals surface area (Å²) < 4.78 is 11.4. The number of hydrogen-bond acceptors (Lipinski definition) is 5. The van der Waals surface area contributed by atoms with Crippen molar-refractivity contribution in [2.75, 3.05) is 44.4 Å². The summed E-state index contributed by atoms with van der Waals surface area (Å²) in [5.74, 6) is 1.27. The molecule has 3 rings (SSSR count). The Hall–Kier alpha value is -1.66. The average molecular weight is 347 g/mol. The molecule has 2 aliphatic rings. The zero-order valence-corrected chi connectivity index (χ0v) is 15.1. The lowest BCUT2D eigenvalue weighted by atomic mass is 9.88. The molecule has 0 radical (unpaired) electrons. The fourth-order valence-corrected chi connectivity index (χ4v) is 3.60. The van der Waals surface area contributed by atoms with Crippen molar-refractivity contribution in [2.45, 2.75) is 38.7 Å². The lowest BCUT2D eigenvalue weighted by Crippen LogP contribution is -2.39. The van der Waals surface area contributed by atoms with E-state index in [2.05, 4.69) is 22.1 Å². The standard InChI is InChI=1S/C19H29N3O3/c1-15-5-2-3-7-17(15)25-12-9-21-19(23)16-6-4-8-20-18(16)22-10-13-24-14-11-22/h4,6,8,15,17H,2-3,5,7,9-14H2,1H3,(H,21,23)/t15-,17+/m1/s1. The van der Waals surface area contributed by atoms with Gasteiger partial charge >= 0.3 is 0 Å². The van der Waals surface area contributed by atoms with E-state index in [1.54, 1.807) is 12.3 Å². The molecule has 6 nitrogen and oxygen atoms in total. The van der Waals surface area contributed by atoms with Crippen LogP contribution in [-0.2, 0) is 9.47 Å². The Kier molecular flexibility index (Phi) is 6.64. The molecule has 0 unspecified atom stereocenters. The van der Waals surface area contributed by atoms with Crippen LogP contribution >= 0.6 is 0 Å². The van der Waals surface area contributed by atoms with Crippen molar-refractivity contribution in [1.82, 2.24) is 10.3 Å². The summed E-state index contributed by atoms with van der Waals surface area (Å²) in [5, 5.41) is 2.97. The summed E-state index contributed by atoms with van der Waals surface area (Å²) in [7, 11) is 0. The normalized spacial score (nSPS) is 24.1. The first kappa shape index (κ1) is 18.1. The number of morpholine rings is 1. The number of pyridine rings is 1. The molecule has 1 aromatic heterocycles. The van der Waals surface area contributed by atoms with Gasteiger partial charge in [0.05, 0.1) is 31.5 Å². The maximum Gasteiger partial charge on any atom is 0.255 e. The Morgan fingerprint density at radius 1 is 1.36 bits per heavy atom. The Morgan fingerprint density at radius 2 is 2.16 bits per heavy atom. The number of ether oxygens (including phenoxy) is 2. The number of aromatic nitrogens is 1. The molecule has 1 aliphatic heterocycles. The number of hydrogen-bond donors (Lipinski definition) is 1. The van der Waals surface area contributed by atoms with E-state index in [1.165, 1.54) is 19.3 Å². The number of nitrogens with one attached hydrogen (secondary N) is 1. The highest BCUT2D eigenvalue weighted by atomic mass is 16.5. The van der Waals surface area contributed by atoms with Crippen LogP contribution in [-0.4, -0.2) is 56.5 Å². The minimum atomic E-state index is -0.0881. The molecular formula is C19H29N3O3. The molecule has 2 fully saturated rings. The minimum Gasteiger partial charge on any atom is -0.378 e. The third kappa shape index (κ3) is 4.92. The predicted molar refractivity (Wildman–Crippen MR) is 97.0 cm³/mol. The van der Waals surface area contributed by atoms with Crippen LogP contribution in [0.4, 0.5) is 5.82 Å². The maximum absolute atomic E-state index is 12.6. The molecule has 0 bridgehead atoms. The highest BCUT2D eigenvalue weighted by Gasteiger charge is 2.22. The van der Waals surface area contributed by atoms with E-state index in [-0.39, 0.29) is 5.91 Å². The van der Waals surface area contributed by atoms with Crippen molar-refractivity contribution in [2.24, 2.45) is 5.92 Å². The first-order valence-corrected chi connectivity index (χ1v) is 9.43. The number of nitrogens with zero attached hydrogens (tertiary/aromatic N) is 2. The number of carbonyl (C=O) groups is 1. The summed E-state index contributed by atoms with van der Waals surface area (Å²) in [6.07, 6.45) is 7.01. The van der Waals surface area contributed by atoms with E-state index < -0.39 is 0 Å². The first-order valence-electron chi connectivity index (χ1n) is 9.43. The van der Waals surface area contributed by atoms with Gasteiger partial charge in [-0.15, -0.1) is 0 Å². The molecule has 1 N–H and O–H groups in total. The van der Waals surface area contributed by atoms with Crippen molar-refractivity contribution in [1.29, 1.82) is 0 Å². The molecule has 0 spiro atoms. The van der Waals surface area contributed by atoms with Crippen molar-refractivity contribution in [3.05, 3.63) is 23.9 Å². The Labute approximate surface area is 149 Å². The van der Waals surface area contributed by atoms with E-state index in [0.29, 0.717) is 44.0 Å². The first-order chi connectivity index (χ1) is 12.3. The Morgan fingerprint density at radius 3 is 2.96 bits per heavy atom. The van der Waals surface area contributed by atoms with Crippen LogP contribution in [0.5, 0.6) is 0 Å². The zero-order chi connectivity index (χ0) is 17.5. The smallest absolute Gasteiger partial charge is 0.255 e. The van der Waals surface area contributed by atoms with Crippen LogP contribution in [0.15, 0.2) is 18.3 Å². The quantitative estimate of drug-likeness (QED) is 0.800. The lowest BCUT2D eigenvalue weighted by Gasteiger charge is -2.29. The number of carbonyl (C=O) groups excluding carboxylic acids is 1. The highest BCUT2D eigenvalue weighted by Crippen LogP contribution is 2.26. The second-order valence-electron chi connectivity index (χ2n) is 6.90. The molecule has 1 amide bonds. The minimum absolute atomic E-state index is 0.0881. The largest absolute Gasteiger partial charge is 0.378 e. The topological polar surface area (TPSA) is 63.7 Å². The molecule has 2 atom stereocenters. The van der Waals surface area contributed by atoms with Gasteiger partial charge in [-0.1, -0.05) is 19.8 Å². The third-order valence-corrected chi connectivity index (χ3v) is 5.09. The van der Waals surface area contributed by atoms with Gasteiger partial charge in [0.1, 0.15) is 5.82 Å². The van der Waals surface area contributed by atoms with Crippen molar-refractivity contribution in [3.63, 3.8) is 0 Å². The van der Waals surface area contributed by atoms with Crippen LogP contribution in [0.2, 0.25) is 0 Å². The predicted octanol–water partition coefficient (Wildman–Crippen LogP) is 2.24. The van der Waals surface area contributed by atoms with Crippen molar-refractivity contribution >= 4 is 11.7 Å². The monoisotopic (exact) mass is 347 g/mol. The molecule has 138 valence electrons. The fraction of sp³-hybridized carbons (Fsp3) is 0.684. The van der Waals surface area contributed by atoms with E-state index in [1.807, 2.05) is 6.07 Å². The molecule has 1 aliphatic carbocycles. The molecule has 25 heavy (non-hydrogen) atoms. The Bertz CT molecular complexity index is 561. The maximum atomic E-state index is 12.6. The van der Waals surface area contributed by atoms with E-state index in [4.69, 9.17) is 9.47 Å². The summed E-state index contributed by atoms with van der Waals surface area (Å²) in [5.41, 5.74) is 0.621. The van der Waals surface area contributed by atoms with Crippen LogP contribution in [0.3, 0.4) is 0 Å². The van der Waals surface area contributed by atoms with Gasteiger partial charge < -0.3 is 19.7 Å². The van der Waals surface area contributed by atoms with Crippen LogP contribution < -0.4 is 10.2 Å². The van der Waals surface area contributed by atoms with E-state index in [0.717, 1.165) is 25.3 Å². The number of anilines is 1. The summed E-state index contributed by atoms with van der Waals surface area (Å²) in [6.45, 7) is 6.22. The van der Waals surface area contributed by atoms with Gasteiger partial charge in [0, 0.05) is 25.8 Å².